The van der Waals surface area contributed by atoms with E-state index < -0.39 is 6.17 Å². The zero-order valence-electron chi connectivity index (χ0n) is 16.3. The number of fused-ring (bicyclic) bond motifs is 3. The second-order valence-electron chi connectivity index (χ2n) is 6.96. The number of benzene rings is 2. The molecule has 0 saturated carbocycles. The van der Waals surface area contributed by atoms with Crippen LogP contribution in [0.3, 0.4) is 0 Å². The molecule has 9 heteroatoms. The molecule has 0 fully saturated rings. The molecule has 0 bridgehead atoms. The van der Waals surface area contributed by atoms with Crippen LogP contribution in [0.25, 0.3) is 22.5 Å². The third-order valence-electron chi connectivity index (χ3n) is 5.00. The molecule has 0 radical (unpaired) electrons. The van der Waals surface area contributed by atoms with Crippen molar-refractivity contribution in [2.45, 2.75) is 11.3 Å². The summed E-state index contributed by atoms with van der Waals surface area (Å²) >= 11 is 4.94. The van der Waals surface area contributed by atoms with E-state index in [4.69, 9.17) is 5.10 Å². The van der Waals surface area contributed by atoms with Gasteiger partial charge in [-0.3, -0.25) is 14.9 Å². The maximum absolute atomic E-state index is 13.2. The van der Waals surface area contributed by atoms with Crippen LogP contribution in [0.1, 0.15) is 11.7 Å². The fourth-order valence-electron chi connectivity index (χ4n) is 3.66. The van der Waals surface area contributed by atoms with Crippen molar-refractivity contribution in [2.75, 3.05) is 11.1 Å². The van der Waals surface area contributed by atoms with Gasteiger partial charge < -0.3 is 5.32 Å². The van der Waals surface area contributed by atoms with Gasteiger partial charge in [0.2, 0.25) is 5.16 Å². The van der Waals surface area contributed by atoms with Crippen LogP contribution in [0.5, 0.6) is 0 Å². The summed E-state index contributed by atoms with van der Waals surface area (Å²) in [5.41, 5.74) is 4.70. The molecule has 3 N–H and O–H groups in total. The minimum Gasteiger partial charge on any atom is -0.321 e. The molecule has 154 valence electrons. The molecule has 2 aromatic heterocycles. The average Bonchev–Trinajstić information content (AvgIpc) is 3.27. The Morgan fingerprint density at radius 3 is 2.87 bits per heavy atom. The Bertz CT molecular complexity index is 1330. The minimum atomic E-state index is -0.414. The summed E-state index contributed by atoms with van der Waals surface area (Å²) in [7, 11) is 0. The maximum Gasteiger partial charge on any atom is 0.325 e. The highest BCUT2D eigenvalue weighted by Crippen LogP contribution is 2.36. The van der Waals surface area contributed by atoms with E-state index >= 15 is 0 Å². The molecule has 4 aromatic rings. The van der Waals surface area contributed by atoms with Gasteiger partial charge in [-0.05, 0) is 22.9 Å². The fourth-order valence-corrected chi connectivity index (χ4v) is 4.61. The highest BCUT2D eigenvalue weighted by atomic mass is 79.9. The number of aromatic amines is 2. The van der Waals surface area contributed by atoms with E-state index in [0.29, 0.717) is 16.6 Å². The highest BCUT2D eigenvalue weighted by molar-refractivity contribution is 9.10. The van der Waals surface area contributed by atoms with Crippen LogP contribution in [0.2, 0.25) is 0 Å². The van der Waals surface area contributed by atoms with E-state index in [1.165, 1.54) is 11.8 Å². The van der Waals surface area contributed by atoms with Crippen molar-refractivity contribution >= 4 is 33.4 Å². The topological polar surface area (TPSA) is 90.3 Å². The summed E-state index contributed by atoms with van der Waals surface area (Å²) in [5.74, 6) is 0.642. The van der Waals surface area contributed by atoms with Crippen LogP contribution in [-0.4, -0.2) is 26.0 Å². The molecule has 0 spiro atoms. The summed E-state index contributed by atoms with van der Waals surface area (Å²) in [6.07, 6.45) is 3.14. The standard InChI is InChI=1S/C22H17BrN6OS/c1-2-10-31-22-26-21(30)19-15-11-14(23)8-9-17(15)25-20(29(19)28-22)16-12-24-27-18(16)13-6-4-3-5-7-13/h2-9,11-12,20H,1,10H2,(H2,24,26,27,28,30)/p+1/t20-/m1/s1. The Kier molecular flexibility index (Phi) is 5.21. The van der Waals surface area contributed by atoms with Crippen molar-refractivity contribution in [2.24, 2.45) is 0 Å². The monoisotopic (exact) mass is 493 g/mol. The molecule has 0 saturated heterocycles. The lowest BCUT2D eigenvalue weighted by Gasteiger charge is -2.22. The van der Waals surface area contributed by atoms with Gasteiger partial charge in [0.05, 0.1) is 28.7 Å². The number of rotatable bonds is 5. The van der Waals surface area contributed by atoms with Gasteiger partial charge in [0.25, 0.3) is 6.17 Å². The van der Waals surface area contributed by atoms with Crippen molar-refractivity contribution in [3.8, 4) is 22.5 Å². The summed E-state index contributed by atoms with van der Waals surface area (Å²) in [4.78, 5) is 16.1. The van der Waals surface area contributed by atoms with Crippen molar-refractivity contribution in [1.82, 2.24) is 20.3 Å². The van der Waals surface area contributed by atoms with Gasteiger partial charge in [0.1, 0.15) is 0 Å². The summed E-state index contributed by atoms with van der Waals surface area (Å²) in [6.45, 7) is 3.75. The number of hydrogen-bond acceptors (Lipinski definition) is 5. The highest BCUT2D eigenvalue weighted by Gasteiger charge is 2.39. The molecule has 0 unspecified atom stereocenters. The van der Waals surface area contributed by atoms with Gasteiger partial charge in [0, 0.05) is 20.9 Å². The zero-order chi connectivity index (χ0) is 21.4. The first-order valence-corrected chi connectivity index (χ1v) is 11.4. The van der Waals surface area contributed by atoms with E-state index in [1.807, 2.05) is 48.5 Å². The fraction of sp³-hybridized carbons (Fsp3) is 0.0909. The molecule has 1 atom stereocenters. The smallest absolute Gasteiger partial charge is 0.321 e. The minimum absolute atomic E-state index is 0.197. The molecule has 1 aliphatic heterocycles. The Morgan fingerprint density at radius 2 is 2.06 bits per heavy atom. The van der Waals surface area contributed by atoms with Crippen molar-refractivity contribution in [3.05, 3.63) is 87.8 Å². The lowest BCUT2D eigenvalue weighted by Crippen LogP contribution is -2.55. The first-order valence-electron chi connectivity index (χ1n) is 9.60. The molecule has 5 rings (SSSR count). The number of anilines is 1. The molecule has 3 heterocycles. The first-order chi connectivity index (χ1) is 15.2. The third kappa shape index (κ3) is 3.60. The van der Waals surface area contributed by atoms with Crippen LogP contribution >= 0.6 is 27.7 Å². The van der Waals surface area contributed by atoms with Crippen molar-refractivity contribution < 1.29 is 4.68 Å². The lowest BCUT2D eigenvalue weighted by atomic mass is 10.0. The van der Waals surface area contributed by atoms with Gasteiger partial charge in [-0.25, -0.2) is 0 Å². The van der Waals surface area contributed by atoms with Gasteiger partial charge in [-0.15, -0.1) is 6.58 Å². The third-order valence-corrected chi connectivity index (χ3v) is 6.35. The molecule has 31 heavy (non-hydrogen) atoms. The predicted octanol–water partition coefficient (Wildman–Crippen LogP) is 4.13. The van der Waals surface area contributed by atoms with Gasteiger partial charge in [0.15, 0.2) is 0 Å². The van der Waals surface area contributed by atoms with Crippen LogP contribution in [0, 0.1) is 0 Å². The zero-order valence-corrected chi connectivity index (χ0v) is 18.7. The van der Waals surface area contributed by atoms with Gasteiger partial charge in [-0.2, -0.15) is 5.10 Å². The molecular weight excluding hydrogens is 476 g/mol. The molecule has 2 aromatic carbocycles. The quantitative estimate of drug-likeness (QED) is 0.221. The van der Waals surface area contributed by atoms with E-state index in [2.05, 4.69) is 43.0 Å². The van der Waals surface area contributed by atoms with E-state index in [9.17, 15) is 4.79 Å². The first kappa shape index (κ1) is 19.8. The Morgan fingerprint density at radius 1 is 1.23 bits per heavy atom. The largest absolute Gasteiger partial charge is 0.325 e. The molecule has 0 aliphatic carbocycles. The van der Waals surface area contributed by atoms with Crippen LogP contribution < -0.4 is 15.6 Å². The Hall–Kier alpha value is -3.17. The SMILES string of the molecule is C=CCSc1n[n+]2c(c(=O)[nH]1)-c1cc(Br)ccc1N[C@H]2c1cn[nH]c1-c1ccccc1. The summed E-state index contributed by atoms with van der Waals surface area (Å²) < 4.78 is 2.63. The second kappa shape index (κ2) is 8.16. The van der Waals surface area contributed by atoms with Crippen LogP contribution in [-0.2, 0) is 0 Å². The predicted molar refractivity (Wildman–Crippen MR) is 125 cm³/mol. The lowest BCUT2D eigenvalue weighted by molar-refractivity contribution is -0.759. The number of aromatic nitrogens is 5. The Balaban J connectivity index is 1.72. The number of halogens is 1. The van der Waals surface area contributed by atoms with E-state index in [-0.39, 0.29) is 5.56 Å². The molecular formula is C22H18BrN6OS+. The molecule has 0 amide bonds. The van der Waals surface area contributed by atoms with E-state index in [1.54, 1.807) is 17.0 Å². The van der Waals surface area contributed by atoms with Crippen LogP contribution in [0.4, 0.5) is 5.69 Å². The maximum atomic E-state index is 13.2. The summed E-state index contributed by atoms with van der Waals surface area (Å²) in [5, 5.41) is 16.2. The molecule has 7 nitrogen and oxygen atoms in total. The van der Waals surface area contributed by atoms with Crippen molar-refractivity contribution in [3.63, 3.8) is 0 Å². The number of nitrogens with one attached hydrogen (secondary N) is 3. The number of hydrogen-bond donors (Lipinski definition) is 3. The van der Waals surface area contributed by atoms with Crippen LogP contribution in [0.15, 0.2) is 81.8 Å². The normalized spacial score (nSPS) is 14.4. The molecule has 1 aliphatic rings. The van der Waals surface area contributed by atoms with E-state index in [0.717, 1.165) is 32.5 Å². The van der Waals surface area contributed by atoms with Gasteiger partial charge >= 0.3 is 11.3 Å². The van der Waals surface area contributed by atoms with Crippen molar-refractivity contribution in [1.29, 1.82) is 0 Å². The number of thioether (sulfide) groups is 1. The average molecular weight is 494 g/mol. The van der Waals surface area contributed by atoms with Gasteiger partial charge in [-0.1, -0.05) is 64.1 Å². The number of nitrogens with zero attached hydrogens (tertiary/aromatic N) is 3. The Labute approximate surface area is 190 Å². The number of H-pyrrole nitrogens is 2. The second-order valence-corrected chi connectivity index (χ2v) is 8.88. The summed E-state index contributed by atoms with van der Waals surface area (Å²) in [6, 6.07) is 15.8.